The molecule has 1 aromatic carbocycles. The van der Waals surface area contributed by atoms with Gasteiger partial charge in [-0.1, -0.05) is 19.8 Å². The molecule has 0 fully saturated rings. The predicted molar refractivity (Wildman–Crippen MR) is 81.4 cm³/mol. The number of hydrogen-bond donors (Lipinski definition) is 1. The third kappa shape index (κ3) is 4.21. The summed E-state index contributed by atoms with van der Waals surface area (Å²) in [5, 5.41) is 9.39. The topological polar surface area (TPSA) is 66.8 Å². The quantitative estimate of drug-likeness (QED) is 0.741. The van der Waals surface area contributed by atoms with Gasteiger partial charge < -0.3 is 9.84 Å². The molecule has 0 radical (unpaired) electrons. The molecule has 0 saturated heterocycles. The van der Waals surface area contributed by atoms with E-state index in [9.17, 15) is 13.5 Å². The zero-order valence-corrected chi connectivity index (χ0v) is 13.2. The Morgan fingerprint density at radius 2 is 2.10 bits per heavy atom. The van der Waals surface area contributed by atoms with Crippen molar-refractivity contribution in [2.24, 2.45) is 0 Å². The van der Waals surface area contributed by atoms with E-state index < -0.39 is 10.0 Å². The minimum Gasteiger partial charge on any atom is -0.493 e. The fourth-order valence-electron chi connectivity index (χ4n) is 1.81. The van der Waals surface area contributed by atoms with Crippen molar-refractivity contribution < 1.29 is 18.3 Å². The summed E-state index contributed by atoms with van der Waals surface area (Å²) in [6, 6.07) is 4.47. The van der Waals surface area contributed by atoms with Gasteiger partial charge in [-0.3, -0.25) is 0 Å². The van der Waals surface area contributed by atoms with Gasteiger partial charge in [-0.15, -0.1) is 6.42 Å². The van der Waals surface area contributed by atoms with Crippen LogP contribution < -0.4 is 4.74 Å². The Bertz CT molecular complexity index is 605. The number of sulfonamides is 1. The highest BCUT2D eigenvalue weighted by Gasteiger charge is 2.23. The SMILES string of the molecule is C#CCN(CC)S(=O)(=O)c1ccc(OCCC)c(CO)c1. The zero-order valence-electron chi connectivity index (χ0n) is 12.4. The predicted octanol–water partition coefficient (Wildman–Crippen LogP) is 1.61. The van der Waals surface area contributed by atoms with E-state index in [-0.39, 0.29) is 24.6 Å². The third-order valence-electron chi connectivity index (χ3n) is 2.92. The Kier molecular flexibility index (Phi) is 6.69. The van der Waals surface area contributed by atoms with Crippen molar-refractivity contribution in [2.45, 2.75) is 31.8 Å². The van der Waals surface area contributed by atoms with Crippen molar-refractivity contribution in [3.8, 4) is 18.1 Å². The molecule has 1 aromatic rings. The maximum absolute atomic E-state index is 12.5. The molecule has 0 aliphatic heterocycles. The fourth-order valence-corrected chi connectivity index (χ4v) is 3.22. The van der Waals surface area contributed by atoms with E-state index in [1.807, 2.05) is 6.92 Å². The van der Waals surface area contributed by atoms with Crippen LogP contribution in [-0.2, 0) is 16.6 Å². The van der Waals surface area contributed by atoms with E-state index in [2.05, 4.69) is 5.92 Å². The van der Waals surface area contributed by atoms with Crippen molar-refractivity contribution in [3.05, 3.63) is 23.8 Å². The Labute approximate surface area is 126 Å². The highest BCUT2D eigenvalue weighted by Crippen LogP contribution is 2.25. The second kappa shape index (κ2) is 8.03. The standard InChI is InChI=1S/C15H21NO4S/c1-4-9-16(6-3)21(18,19)14-7-8-15(20-10-5-2)13(11-14)12-17/h1,7-8,11,17H,5-6,9-10,12H2,2-3H3. The van der Waals surface area contributed by atoms with Crippen LogP contribution in [0.25, 0.3) is 0 Å². The van der Waals surface area contributed by atoms with Gasteiger partial charge in [-0.2, -0.15) is 4.31 Å². The molecule has 0 saturated carbocycles. The first kappa shape index (κ1) is 17.5. The molecule has 0 heterocycles. The van der Waals surface area contributed by atoms with Crippen LogP contribution >= 0.6 is 0 Å². The summed E-state index contributed by atoms with van der Waals surface area (Å²) in [7, 11) is -3.66. The summed E-state index contributed by atoms with van der Waals surface area (Å²) in [5.74, 6) is 2.83. The van der Waals surface area contributed by atoms with Gasteiger partial charge in [0.05, 0.1) is 24.7 Å². The van der Waals surface area contributed by atoms with E-state index in [4.69, 9.17) is 11.2 Å². The summed E-state index contributed by atoms with van der Waals surface area (Å²) < 4.78 is 31.6. The summed E-state index contributed by atoms with van der Waals surface area (Å²) in [6.07, 6.45) is 6.03. The molecule has 0 unspecified atom stereocenters. The molecule has 0 amide bonds. The van der Waals surface area contributed by atoms with Gasteiger partial charge >= 0.3 is 0 Å². The highest BCUT2D eigenvalue weighted by atomic mass is 32.2. The molecule has 21 heavy (non-hydrogen) atoms. The van der Waals surface area contributed by atoms with Gasteiger partial charge in [0.2, 0.25) is 10.0 Å². The third-order valence-corrected chi connectivity index (χ3v) is 4.84. The highest BCUT2D eigenvalue weighted by molar-refractivity contribution is 7.89. The molecule has 0 aliphatic carbocycles. The number of benzene rings is 1. The molecule has 0 aliphatic rings. The lowest BCUT2D eigenvalue weighted by Crippen LogP contribution is -2.31. The van der Waals surface area contributed by atoms with E-state index in [0.29, 0.717) is 17.9 Å². The summed E-state index contributed by atoms with van der Waals surface area (Å²) in [5.41, 5.74) is 0.446. The van der Waals surface area contributed by atoms with Crippen molar-refractivity contribution in [1.29, 1.82) is 0 Å². The van der Waals surface area contributed by atoms with Crippen LogP contribution in [0.4, 0.5) is 0 Å². The Morgan fingerprint density at radius 1 is 1.38 bits per heavy atom. The van der Waals surface area contributed by atoms with Crippen LogP contribution in [0.3, 0.4) is 0 Å². The van der Waals surface area contributed by atoms with Crippen molar-refractivity contribution in [1.82, 2.24) is 4.31 Å². The first-order valence-electron chi connectivity index (χ1n) is 6.81. The smallest absolute Gasteiger partial charge is 0.243 e. The molecule has 1 N–H and O–H groups in total. The molecule has 0 aromatic heterocycles. The van der Waals surface area contributed by atoms with Crippen LogP contribution in [0.15, 0.2) is 23.1 Å². The lowest BCUT2D eigenvalue weighted by atomic mass is 10.2. The number of nitrogens with zero attached hydrogens (tertiary/aromatic N) is 1. The maximum atomic E-state index is 12.5. The summed E-state index contributed by atoms with van der Waals surface area (Å²) in [6.45, 7) is 4.22. The van der Waals surface area contributed by atoms with Gasteiger partial charge in [-0.25, -0.2) is 8.42 Å². The second-order valence-corrected chi connectivity index (χ2v) is 6.35. The van der Waals surface area contributed by atoms with Gasteiger partial charge in [-0.05, 0) is 24.6 Å². The largest absolute Gasteiger partial charge is 0.493 e. The minimum atomic E-state index is -3.66. The molecular weight excluding hydrogens is 290 g/mol. The van der Waals surface area contributed by atoms with Crippen LogP contribution in [0, 0.1) is 12.3 Å². The maximum Gasteiger partial charge on any atom is 0.243 e. The zero-order chi connectivity index (χ0) is 15.9. The number of aliphatic hydroxyl groups excluding tert-OH is 1. The van der Waals surface area contributed by atoms with Gasteiger partial charge in [0.25, 0.3) is 0 Å². The summed E-state index contributed by atoms with van der Waals surface area (Å²) in [4.78, 5) is 0.104. The Hall–Kier alpha value is -1.55. The monoisotopic (exact) mass is 311 g/mol. The molecule has 0 atom stereocenters. The van der Waals surface area contributed by atoms with Crippen molar-refractivity contribution in [3.63, 3.8) is 0 Å². The minimum absolute atomic E-state index is 0.0153. The summed E-state index contributed by atoms with van der Waals surface area (Å²) >= 11 is 0. The molecule has 6 heteroatoms. The first-order chi connectivity index (χ1) is 10.0. The molecule has 1 rings (SSSR count). The van der Waals surface area contributed by atoms with Crippen LogP contribution in [0.2, 0.25) is 0 Å². The van der Waals surface area contributed by atoms with Crippen molar-refractivity contribution in [2.75, 3.05) is 19.7 Å². The molecule has 0 spiro atoms. The molecule has 0 bridgehead atoms. The number of terminal acetylenes is 1. The number of ether oxygens (including phenoxy) is 1. The molecular formula is C15H21NO4S. The van der Waals surface area contributed by atoms with E-state index in [0.717, 1.165) is 6.42 Å². The Balaban J connectivity index is 3.16. The average molecular weight is 311 g/mol. The van der Waals surface area contributed by atoms with E-state index in [1.54, 1.807) is 13.0 Å². The fraction of sp³-hybridized carbons (Fsp3) is 0.467. The first-order valence-corrected chi connectivity index (χ1v) is 8.25. The van der Waals surface area contributed by atoms with Crippen LogP contribution in [-0.4, -0.2) is 37.5 Å². The van der Waals surface area contributed by atoms with Gasteiger partial charge in [0.1, 0.15) is 5.75 Å². The van der Waals surface area contributed by atoms with Gasteiger partial charge in [0, 0.05) is 12.1 Å². The van der Waals surface area contributed by atoms with E-state index in [1.165, 1.54) is 16.4 Å². The number of hydrogen-bond acceptors (Lipinski definition) is 4. The average Bonchev–Trinajstić information content (AvgIpc) is 2.49. The molecule has 5 nitrogen and oxygen atoms in total. The van der Waals surface area contributed by atoms with E-state index >= 15 is 0 Å². The normalized spacial score (nSPS) is 11.4. The number of aliphatic hydroxyl groups is 1. The van der Waals surface area contributed by atoms with Gasteiger partial charge in [0.15, 0.2) is 0 Å². The van der Waals surface area contributed by atoms with Crippen molar-refractivity contribution >= 4 is 10.0 Å². The van der Waals surface area contributed by atoms with Crippen LogP contribution in [0.5, 0.6) is 5.75 Å². The molecule has 116 valence electrons. The second-order valence-electron chi connectivity index (χ2n) is 4.41. The number of rotatable bonds is 8. The van der Waals surface area contributed by atoms with Crippen LogP contribution in [0.1, 0.15) is 25.8 Å². The lowest BCUT2D eigenvalue weighted by Gasteiger charge is -2.19. The Morgan fingerprint density at radius 3 is 2.62 bits per heavy atom. The lowest BCUT2D eigenvalue weighted by molar-refractivity contribution is 0.262.